The first-order chi connectivity index (χ1) is 8.90. The maximum Gasteiger partial charge on any atom is 0.187 e. The van der Waals surface area contributed by atoms with Crippen molar-refractivity contribution in [3.63, 3.8) is 0 Å². The lowest BCUT2D eigenvalue weighted by molar-refractivity contribution is 0.347. The van der Waals surface area contributed by atoms with Gasteiger partial charge in [0.1, 0.15) is 5.76 Å². The number of pyridine rings is 1. The van der Waals surface area contributed by atoms with E-state index in [4.69, 9.17) is 4.52 Å². The van der Waals surface area contributed by atoms with Crippen LogP contribution in [0.25, 0.3) is 5.52 Å². The maximum absolute atomic E-state index is 12.1. The highest BCUT2D eigenvalue weighted by Gasteiger charge is 2.11. The van der Waals surface area contributed by atoms with Gasteiger partial charge in [0.05, 0.1) is 11.2 Å². The van der Waals surface area contributed by atoms with Crippen LogP contribution in [0, 0.1) is 19.8 Å². The van der Waals surface area contributed by atoms with Gasteiger partial charge >= 0.3 is 0 Å². The van der Waals surface area contributed by atoms with Crippen molar-refractivity contribution in [3.8, 4) is 0 Å². The second-order valence-corrected chi connectivity index (χ2v) is 5.17. The van der Waals surface area contributed by atoms with Gasteiger partial charge in [0.2, 0.25) is 0 Å². The fourth-order valence-electron chi connectivity index (χ4n) is 2.00. The van der Waals surface area contributed by atoms with E-state index in [0.29, 0.717) is 18.0 Å². The van der Waals surface area contributed by atoms with E-state index in [2.05, 4.69) is 25.7 Å². The van der Waals surface area contributed by atoms with Crippen LogP contribution in [0.15, 0.2) is 33.7 Å². The van der Waals surface area contributed by atoms with E-state index in [1.807, 2.05) is 19.9 Å². The minimum absolute atomic E-state index is 0.0300. The van der Waals surface area contributed by atoms with Crippen LogP contribution in [-0.4, -0.2) is 4.57 Å². The zero-order valence-corrected chi connectivity index (χ0v) is 11.9. The molecule has 0 bridgehead atoms. The molecule has 0 aliphatic heterocycles. The fourth-order valence-corrected chi connectivity index (χ4v) is 2.00. The number of aromatic nitrogens is 1. The Kier molecular flexibility index (Phi) is 3.51. The summed E-state index contributed by atoms with van der Waals surface area (Å²) in [5.41, 5.74) is 3.31. The summed E-state index contributed by atoms with van der Waals surface area (Å²) in [6, 6.07) is 3.47. The summed E-state index contributed by atoms with van der Waals surface area (Å²) >= 11 is 0. The summed E-state index contributed by atoms with van der Waals surface area (Å²) < 4.78 is 7.28. The molecule has 1 N–H and O–H groups in total. The lowest BCUT2D eigenvalue weighted by Crippen LogP contribution is -2.23. The van der Waals surface area contributed by atoms with Crippen LogP contribution in [0.3, 0.4) is 0 Å². The highest BCUT2D eigenvalue weighted by molar-refractivity contribution is 5.49. The molecular weight excluding hydrogens is 240 g/mol. The molecule has 0 atom stereocenters. The van der Waals surface area contributed by atoms with Gasteiger partial charge in [-0.15, -0.1) is 0 Å². The Balaban J connectivity index is 2.38. The molecule has 0 spiro atoms. The second-order valence-electron chi connectivity index (χ2n) is 5.17. The van der Waals surface area contributed by atoms with Crippen molar-refractivity contribution in [2.75, 3.05) is 0 Å². The van der Waals surface area contributed by atoms with Crippen molar-refractivity contribution in [2.24, 2.45) is 5.92 Å². The van der Waals surface area contributed by atoms with Crippen molar-refractivity contribution < 1.29 is 4.52 Å². The molecule has 0 aliphatic rings. The van der Waals surface area contributed by atoms with Crippen LogP contribution in [-0.2, 0) is 6.54 Å². The van der Waals surface area contributed by atoms with Crippen molar-refractivity contribution >= 4 is 5.52 Å². The van der Waals surface area contributed by atoms with E-state index in [1.54, 1.807) is 10.6 Å². The van der Waals surface area contributed by atoms with Crippen LogP contribution in [0.5, 0.6) is 0 Å². The number of nitrogens with one attached hydrogen (secondary N) is 1. The Hall–Kier alpha value is -1.97. The lowest BCUT2D eigenvalue weighted by Gasteiger charge is -2.13. The summed E-state index contributed by atoms with van der Waals surface area (Å²) in [7, 11) is 0. The molecule has 2 aromatic heterocycles. The zero-order valence-electron chi connectivity index (χ0n) is 11.9. The third-order valence-electron chi connectivity index (χ3n) is 3.33. The molecule has 4 nitrogen and oxygen atoms in total. The maximum atomic E-state index is 12.1. The molecule has 0 amide bonds. The number of allylic oxidation sites excluding steroid dienone is 1. The van der Waals surface area contributed by atoms with E-state index in [1.165, 1.54) is 0 Å². The minimum atomic E-state index is 0.0300. The van der Waals surface area contributed by atoms with Crippen LogP contribution in [0.1, 0.15) is 30.9 Å². The topological polar surface area (TPSA) is 46.6 Å². The van der Waals surface area contributed by atoms with Gasteiger partial charge in [0.15, 0.2) is 5.43 Å². The molecule has 2 aromatic rings. The smallest absolute Gasteiger partial charge is 0.187 e. The minimum Gasteiger partial charge on any atom is -0.384 e. The average Bonchev–Trinajstić information content (AvgIpc) is 2.69. The molecule has 4 heteroatoms. The summed E-state index contributed by atoms with van der Waals surface area (Å²) in [6.07, 6.45) is 0. The SMILES string of the molecule is C=C(NCc1c(C)n2oc(C)cc2cc1=O)C(C)C. The number of rotatable bonds is 4. The molecule has 19 heavy (non-hydrogen) atoms. The lowest BCUT2D eigenvalue weighted by atomic mass is 10.1. The molecule has 2 heterocycles. The standard InChI is InChI=1S/C15H20N2O2/c1-9(2)11(4)16-8-14-12(5)17-13(7-15(14)18)6-10(3)19-17/h6-7,9,16H,4,8H2,1-3,5H3. The number of nitrogens with zero attached hydrogens (tertiary/aromatic N) is 1. The summed E-state index contributed by atoms with van der Waals surface area (Å²) in [5.74, 6) is 1.14. The van der Waals surface area contributed by atoms with Gasteiger partial charge in [-0.25, -0.2) is 0 Å². The number of hydrogen-bond donors (Lipinski definition) is 1. The monoisotopic (exact) mass is 260 g/mol. The number of fused-ring (bicyclic) bond motifs is 1. The van der Waals surface area contributed by atoms with Crippen molar-refractivity contribution in [2.45, 2.75) is 34.2 Å². The molecule has 2 rings (SSSR count). The largest absolute Gasteiger partial charge is 0.384 e. The molecule has 0 aromatic carbocycles. The first-order valence-corrected chi connectivity index (χ1v) is 6.45. The van der Waals surface area contributed by atoms with Gasteiger partial charge in [-0.05, 0) is 19.8 Å². The van der Waals surface area contributed by atoms with Gasteiger partial charge < -0.3 is 9.84 Å². The van der Waals surface area contributed by atoms with Crippen molar-refractivity contribution in [1.82, 2.24) is 9.89 Å². The van der Waals surface area contributed by atoms with Gasteiger partial charge in [-0.1, -0.05) is 20.4 Å². The number of aryl methyl sites for hydroxylation is 2. The van der Waals surface area contributed by atoms with Crippen molar-refractivity contribution in [1.29, 1.82) is 0 Å². The first-order valence-electron chi connectivity index (χ1n) is 6.45. The first kappa shape index (κ1) is 13.5. The fraction of sp³-hybridized carbons (Fsp3) is 0.400. The Morgan fingerprint density at radius 1 is 1.42 bits per heavy atom. The van der Waals surface area contributed by atoms with E-state index < -0.39 is 0 Å². The normalized spacial score (nSPS) is 11.2. The molecule has 0 saturated carbocycles. The summed E-state index contributed by atoms with van der Waals surface area (Å²) in [6.45, 7) is 12.3. The van der Waals surface area contributed by atoms with E-state index >= 15 is 0 Å². The molecule has 0 aliphatic carbocycles. The van der Waals surface area contributed by atoms with E-state index in [0.717, 1.165) is 22.7 Å². The Labute approximate surface area is 112 Å². The highest BCUT2D eigenvalue weighted by atomic mass is 16.5. The van der Waals surface area contributed by atoms with Gasteiger partial charge in [0.25, 0.3) is 0 Å². The van der Waals surface area contributed by atoms with Crippen LogP contribution in [0.4, 0.5) is 0 Å². The van der Waals surface area contributed by atoms with Gasteiger partial charge in [-0.3, -0.25) is 4.79 Å². The molecule has 102 valence electrons. The predicted octanol–water partition coefficient (Wildman–Crippen LogP) is 2.77. The highest BCUT2D eigenvalue weighted by Crippen LogP contribution is 2.13. The van der Waals surface area contributed by atoms with Crippen LogP contribution in [0.2, 0.25) is 0 Å². The van der Waals surface area contributed by atoms with Crippen LogP contribution < -0.4 is 10.7 Å². The third kappa shape index (κ3) is 2.57. The van der Waals surface area contributed by atoms with E-state index in [9.17, 15) is 4.79 Å². The molecule has 0 radical (unpaired) electrons. The molecule has 0 saturated heterocycles. The Morgan fingerprint density at radius 2 is 2.11 bits per heavy atom. The predicted molar refractivity (Wildman–Crippen MR) is 76.2 cm³/mol. The molecule has 0 fully saturated rings. The van der Waals surface area contributed by atoms with Gasteiger partial charge in [-0.2, -0.15) is 4.57 Å². The quantitative estimate of drug-likeness (QED) is 0.919. The third-order valence-corrected chi connectivity index (χ3v) is 3.33. The van der Waals surface area contributed by atoms with E-state index in [-0.39, 0.29) is 5.43 Å². The molecular formula is C15H20N2O2. The van der Waals surface area contributed by atoms with Crippen molar-refractivity contribution in [3.05, 3.63) is 51.6 Å². The Morgan fingerprint density at radius 3 is 2.74 bits per heavy atom. The second kappa shape index (κ2) is 4.96. The van der Waals surface area contributed by atoms with Crippen LogP contribution >= 0.6 is 0 Å². The zero-order chi connectivity index (χ0) is 14.2. The average molecular weight is 260 g/mol. The Bertz CT molecular complexity index is 677. The number of hydrogen-bond acceptors (Lipinski definition) is 3. The summed E-state index contributed by atoms with van der Waals surface area (Å²) in [4.78, 5) is 12.1. The van der Waals surface area contributed by atoms with Gasteiger partial charge in [0, 0.05) is 29.9 Å². The molecule has 0 unspecified atom stereocenters. The summed E-state index contributed by atoms with van der Waals surface area (Å²) in [5, 5.41) is 3.20.